The molecule has 2 aromatic rings. The van der Waals surface area contributed by atoms with Crippen molar-refractivity contribution in [3.8, 4) is 6.07 Å². The van der Waals surface area contributed by atoms with Crippen LogP contribution in [0.4, 0.5) is 5.82 Å². The zero-order valence-corrected chi connectivity index (χ0v) is 15.0. The van der Waals surface area contributed by atoms with Crippen molar-refractivity contribution in [2.45, 2.75) is 17.6 Å². The van der Waals surface area contributed by atoms with Gasteiger partial charge in [-0.05, 0) is 30.7 Å². The van der Waals surface area contributed by atoms with E-state index in [-0.39, 0.29) is 0 Å². The lowest BCUT2D eigenvalue weighted by Crippen LogP contribution is -2.49. The van der Waals surface area contributed by atoms with Gasteiger partial charge in [-0.3, -0.25) is 0 Å². The Morgan fingerprint density at radius 3 is 2.62 bits per heavy atom. The number of hydrogen-bond donors (Lipinski definition) is 0. The number of aryl methyl sites for hydroxylation is 1. The minimum atomic E-state index is -3.43. The second-order valence-electron chi connectivity index (χ2n) is 5.45. The third-order valence-electron chi connectivity index (χ3n) is 4.02. The summed E-state index contributed by atoms with van der Waals surface area (Å²) in [5, 5.41) is 9.18. The maximum Gasteiger partial charge on any atom is 0.252 e. The average Bonchev–Trinajstić information content (AvgIpc) is 3.12. The zero-order chi connectivity index (χ0) is 17.2. The molecule has 1 aliphatic heterocycles. The number of nitrogens with zero attached hydrogens (tertiary/aromatic N) is 4. The number of rotatable bonds is 4. The van der Waals surface area contributed by atoms with E-state index >= 15 is 0 Å². The number of anilines is 1. The van der Waals surface area contributed by atoms with E-state index in [1.807, 2.05) is 17.9 Å². The SMILES string of the molecule is CCc1ccc(S(=O)(=O)N2CCN(c3ncccc3C#N)CC2)s1. The van der Waals surface area contributed by atoms with Crippen LogP contribution in [0.1, 0.15) is 17.4 Å². The van der Waals surface area contributed by atoms with Crippen LogP contribution >= 0.6 is 11.3 Å². The van der Waals surface area contributed by atoms with Gasteiger partial charge in [-0.15, -0.1) is 11.3 Å². The van der Waals surface area contributed by atoms with Crippen molar-refractivity contribution in [1.29, 1.82) is 5.26 Å². The zero-order valence-electron chi connectivity index (χ0n) is 13.3. The maximum absolute atomic E-state index is 12.7. The standard InChI is InChI=1S/C16H18N4O2S2/c1-2-14-5-6-15(23-14)24(21,22)20-10-8-19(9-11-20)16-13(12-17)4-3-7-18-16/h3-7H,2,8-11H2,1H3. The number of piperazine rings is 1. The molecule has 1 saturated heterocycles. The lowest BCUT2D eigenvalue weighted by molar-refractivity contribution is 0.384. The predicted octanol–water partition coefficient (Wildman–Crippen LogP) is 2.09. The van der Waals surface area contributed by atoms with E-state index in [0.717, 1.165) is 11.3 Å². The van der Waals surface area contributed by atoms with Gasteiger partial charge in [0.25, 0.3) is 10.0 Å². The third-order valence-corrected chi connectivity index (χ3v) is 7.62. The largest absolute Gasteiger partial charge is 0.353 e. The summed E-state index contributed by atoms with van der Waals surface area (Å²) in [5.41, 5.74) is 0.514. The highest BCUT2D eigenvalue weighted by molar-refractivity contribution is 7.91. The monoisotopic (exact) mass is 362 g/mol. The number of hydrogen-bond acceptors (Lipinski definition) is 6. The highest BCUT2D eigenvalue weighted by Gasteiger charge is 2.30. The summed E-state index contributed by atoms with van der Waals surface area (Å²) in [5.74, 6) is 0.626. The van der Waals surface area contributed by atoms with Crippen LogP contribution in [0.15, 0.2) is 34.7 Å². The predicted molar refractivity (Wildman–Crippen MR) is 93.6 cm³/mol. The number of thiophene rings is 1. The summed E-state index contributed by atoms with van der Waals surface area (Å²) in [4.78, 5) is 7.31. The molecule has 6 nitrogen and oxygen atoms in total. The van der Waals surface area contributed by atoms with Gasteiger partial charge in [0.15, 0.2) is 0 Å². The molecule has 0 amide bonds. The van der Waals surface area contributed by atoms with Gasteiger partial charge in [-0.1, -0.05) is 6.92 Å². The molecular formula is C16H18N4O2S2. The minimum Gasteiger partial charge on any atom is -0.353 e. The second-order valence-corrected chi connectivity index (χ2v) is 8.78. The molecule has 126 valence electrons. The van der Waals surface area contributed by atoms with E-state index in [1.54, 1.807) is 24.4 Å². The second kappa shape index (κ2) is 6.89. The molecule has 0 saturated carbocycles. The fourth-order valence-electron chi connectivity index (χ4n) is 2.69. The van der Waals surface area contributed by atoms with Crippen LogP contribution in [0.25, 0.3) is 0 Å². The van der Waals surface area contributed by atoms with Crippen molar-refractivity contribution in [1.82, 2.24) is 9.29 Å². The molecule has 8 heteroatoms. The van der Waals surface area contributed by atoms with Gasteiger partial charge < -0.3 is 4.90 Å². The molecule has 0 aromatic carbocycles. The molecule has 0 radical (unpaired) electrons. The van der Waals surface area contributed by atoms with Crippen LogP contribution in [0, 0.1) is 11.3 Å². The Hall–Kier alpha value is -1.95. The van der Waals surface area contributed by atoms with E-state index < -0.39 is 10.0 Å². The van der Waals surface area contributed by atoms with Gasteiger partial charge in [-0.25, -0.2) is 13.4 Å². The number of sulfonamides is 1. The number of nitriles is 1. The molecule has 0 bridgehead atoms. The maximum atomic E-state index is 12.7. The molecule has 24 heavy (non-hydrogen) atoms. The van der Waals surface area contributed by atoms with Crippen molar-refractivity contribution in [3.63, 3.8) is 0 Å². The van der Waals surface area contributed by atoms with Gasteiger partial charge in [-0.2, -0.15) is 9.57 Å². The van der Waals surface area contributed by atoms with Gasteiger partial charge in [0, 0.05) is 37.3 Å². The van der Waals surface area contributed by atoms with Crippen LogP contribution in [-0.2, 0) is 16.4 Å². The Kier molecular flexibility index (Phi) is 4.85. The summed E-state index contributed by atoms with van der Waals surface area (Å²) >= 11 is 1.34. The van der Waals surface area contributed by atoms with E-state index in [2.05, 4.69) is 11.1 Å². The van der Waals surface area contributed by atoms with Gasteiger partial charge in [0.2, 0.25) is 0 Å². The Labute approximate surface area is 146 Å². The van der Waals surface area contributed by atoms with Crippen LogP contribution in [-0.4, -0.2) is 43.9 Å². The number of aromatic nitrogens is 1. The van der Waals surface area contributed by atoms with E-state index in [0.29, 0.717) is 41.8 Å². The first-order chi connectivity index (χ1) is 11.6. The smallest absolute Gasteiger partial charge is 0.252 e. The topological polar surface area (TPSA) is 77.3 Å². The third kappa shape index (κ3) is 3.15. The summed E-state index contributed by atoms with van der Waals surface area (Å²) in [6.07, 6.45) is 2.49. The van der Waals surface area contributed by atoms with Crippen LogP contribution in [0.5, 0.6) is 0 Å². The van der Waals surface area contributed by atoms with E-state index in [9.17, 15) is 13.7 Å². The Bertz CT molecular complexity index is 862. The fourth-order valence-corrected chi connectivity index (χ4v) is 5.56. The van der Waals surface area contributed by atoms with E-state index in [4.69, 9.17) is 0 Å². The van der Waals surface area contributed by atoms with E-state index in [1.165, 1.54) is 15.6 Å². The Morgan fingerprint density at radius 1 is 1.25 bits per heavy atom. The van der Waals surface area contributed by atoms with Crippen molar-refractivity contribution >= 4 is 27.2 Å². The Morgan fingerprint density at radius 2 is 2.00 bits per heavy atom. The lowest BCUT2D eigenvalue weighted by atomic mass is 10.2. The fraction of sp³-hybridized carbons (Fsp3) is 0.375. The number of pyridine rings is 1. The van der Waals surface area contributed by atoms with Gasteiger partial charge >= 0.3 is 0 Å². The molecule has 1 fully saturated rings. The molecular weight excluding hydrogens is 344 g/mol. The molecule has 1 aliphatic rings. The molecule has 3 rings (SSSR count). The first kappa shape index (κ1) is 16.9. The summed E-state index contributed by atoms with van der Waals surface area (Å²) < 4.78 is 27.4. The molecule has 0 N–H and O–H groups in total. The van der Waals surface area contributed by atoms with Crippen molar-refractivity contribution in [2.24, 2.45) is 0 Å². The molecule has 2 aromatic heterocycles. The van der Waals surface area contributed by atoms with Crippen molar-refractivity contribution in [2.75, 3.05) is 31.1 Å². The lowest BCUT2D eigenvalue weighted by Gasteiger charge is -2.34. The Balaban J connectivity index is 1.74. The summed E-state index contributed by atoms with van der Waals surface area (Å²) in [7, 11) is -3.43. The highest BCUT2D eigenvalue weighted by atomic mass is 32.2. The highest BCUT2D eigenvalue weighted by Crippen LogP contribution is 2.27. The van der Waals surface area contributed by atoms with Gasteiger partial charge in [0.1, 0.15) is 16.1 Å². The molecule has 3 heterocycles. The minimum absolute atomic E-state index is 0.392. The molecule has 0 unspecified atom stereocenters. The average molecular weight is 362 g/mol. The molecule has 0 atom stereocenters. The summed E-state index contributed by atoms with van der Waals surface area (Å²) in [6, 6.07) is 9.16. The molecule has 0 spiro atoms. The normalized spacial score (nSPS) is 16.1. The van der Waals surface area contributed by atoms with Crippen molar-refractivity contribution in [3.05, 3.63) is 40.9 Å². The van der Waals surface area contributed by atoms with Crippen molar-refractivity contribution < 1.29 is 8.42 Å². The first-order valence-electron chi connectivity index (χ1n) is 7.75. The first-order valence-corrected chi connectivity index (χ1v) is 10.0. The van der Waals surface area contributed by atoms with Gasteiger partial charge in [0.05, 0.1) is 5.56 Å². The van der Waals surface area contributed by atoms with Crippen LogP contribution in [0.3, 0.4) is 0 Å². The quantitative estimate of drug-likeness (QED) is 0.832. The molecule has 0 aliphatic carbocycles. The summed E-state index contributed by atoms with van der Waals surface area (Å²) in [6.45, 7) is 3.85. The van der Waals surface area contributed by atoms with Crippen LogP contribution in [0.2, 0.25) is 0 Å². The van der Waals surface area contributed by atoms with Crippen LogP contribution < -0.4 is 4.90 Å².